The summed E-state index contributed by atoms with van der Waals surface area (Å²) in [5.74, 6) is -1.35. The van der Waals surface area contributed by atoms with Gasteiger partial charge in [-0.3, -0.25) is 14.5 Å². The van der Waals surface area contributed by atoms with Crippen LogP contribution in [0, 0.1) is 0 Å². The third kappa shape index (κ3) is 4.52. The zero-order valence-electron chi connectivity index (χ0n) is 20.2. The summed E-state index contributed by atoms with van der Waals surface area (Å²) < 4.78 is 11.7. The van der Waals surface area contributed by atoms with Crippen LogP contribution in [-0.4, -0.2) is 41.1 Å². The number of thiazole rings is 1. The topological polar surface area (TPSA) is 109 Å². The molecule has 8 nitrogen and oxygen atoms in total. The molecule has 38 heavy (non-hydrogen) atoms. The summed E-state index contributed by atoms with van der Waals surface area (Å²) in [5, 5.41) is 21.6. The minimum absolute atomic E-state index is 0.112. The molecular weight excluding hydrogens is 572 g/mol. The molecule has 4 aromatic rings. The van der Waals surface area contributed by atoms with E-state index in [-0.39, 0.29) is 22.2 Å². The number of carbonyl (C=O) groups is 2. The highest BCUT2D eigenvalue weighted by Crippen LogP contribution is 2.47. The minimum Gasteiger partial charge on any atom is -0.503 e. The van der Waals surface area contributed by atoms with Crippen molar-refractivity contribution < 1.29 is 29.3 Å². The number of hydrogen-bond acceptors (Lipinski definition) is 8. The molecule has 0 bridgehead atoms. The van der Waals surface area contributed by atoms with Crippen molar-refractivity contribution >= 4 is 60.4 Å². The number of amides is 1. The molecular formula is C28H21BrN2O6S. The Bertz CT molecular complexity index is 1630. The minimum atomic E-state index is -1.04. The van der Waals surface area contributed by atoms with Gasteiger partial charge in [-0.2, -0.15) is 0 Å². The van der Waals surface area contributed by atoms with Crippen molar-refractivity contribution in [2.24, 2.45) is 0 Å². The number of aliphatic hydroxyl groups excluding tert-OH is 1. The number of methoxy groups -OCH3 is 2. The molecule has 0 saturated carbocycles. The molecule has 10 heteroatoms. The molecule has 0 fully saturated rings. The predicted molar refractivity (Wildman–Crippen MR) is 149 cm³/mol. The van der Waals surface area contributed by atoms with Crippen LogP contribution in [0.3, 0.4) is 0 Å². The number of allylic oxidation sites excluding steroid dienone is 1. The van der Waals surface area contributed by atoms with Gasteiger partial charge in [-0.05, 0) is 63.5 Å². The predicted octanol–water partition coefficient (Wildman–Crippen LogP) is 5.96. The van der Waals surface area contributed by atoms with E-state index in [1.165, 1.54) is 35.5 Å². The van der Waals surface area contributed by atoms with E-state index in [4.69, 9.17) is 9.47 Å². The number of fused-ring (bicyclic) bond motifs is 1. The van der Waals surface area contributed by atoms with E-state index in [9.17, 15) is 19.8 Å². The first-order valence-corrected chi connectivity index (χ1v) is 13.0. The Morgan fingerprint density at radius 3 is 2.55 bits per heavy atom. The molecule has 0 radical (unpaired) electrons. The number of hydrogen-bond donors (Lipinski definition) is 2. The number of carbonyl (C=O) groups excluding carboxylic acids is 2. The molecule has 3 aromatic carbocycles. The van der Waals surface area contributed by atoms with Crippen molar-refractivity contribution in [3.63, 3.8) is 0 Å². The Labute approximate surface area is 230 Å². The van der Waals surface area contributed by atoms with E-state index in [1.54, 1.807) is 37.5 Å². The van der Waals surface area contributed by atoms with Crippen molar-refractivity contribution in [2.45, 2.75) is 6.04 Å². The highest BCUT2D eigenvalue weighted by Gasteiger charge is 2.45. The summed E-state index contributed by atoms with van der Waals surface area (Å²) in [7, 11) is 2.95. The SMILES string of the molecule is COc1ccc2nc(N3C(=O)C(O)=C(C(=O)/C=C/c4ccccc4)C3c3cc(Br)c(O)c(OC)c3)sc2c1. The van der Waals surface area contributed by atoms with Crippen LogP contribution in [0.1, 0.15) is 17.2 Å². The lowest BCUT2D eigenvalue weighted by Gasteiger charge is -2.25. The zero-order valence-corrected chi connectivity index (χ0v) is 22.6. The molecule has 1 aromatic heterocycles. The van der Waals surface area contributed by atoms with Gasteiger partial charge in [0.15, 0.2) is 28.2 Å². The smallest absolute Gasteiger partial charge is 0.296 e. The van der Waals surface area contributed by atoms with E-state index >= 15 is 0 Å². The molecule has 2 N–H and O–H groups in total. The Kier molecular flexibility index (Phi) is 6.92. The number of ketones is 1. The standard InChI is InChI=1S/C28H21BrN2O6S/c1-36-17-9-10-19-22(14-17)38-28(30-19)31-24(16-12-18(29)25(33)21(13-16)37-2)23(26(34)27(31)35)20(32)11-8-15-6-4-3-5-7-15/h3-14,24,33-34H,1-2H3/b11-8+. The van der Waals surface area contributed by atoms with E-state index in [0.29, 0.717) is 21.3 Å². The third-order valence-electron chi connectivity index (χ3n) is 6.08. The lowest BCUT2D eigenvalue weighted by molar-refractivity contribution is -0.117. The van der Waals surface area contributed by atoms with E-state index in [2.05, 4.69) is 20.9 Å². The molecule has 0 saturated heterocycles. The first-order valence-electron chi connectivity index (χ1n) is 11.4. The van der Waals surface area contributed by atoms with Gasteiger partial charge in [-0.1, -0.05) is 47.7 Å². The summed E-state index contributed by atoms with van der Waals surface area (Å²) in [4.78, 5) is 32.9. The summed E-state index contributed by atoms with van der Waals surface area (Å²) in [6, 6.07) is 16.6. The van der Waals surface area contributed by atoms with Crippen LogP contribution in [0.2, 0.25) is 0 Å². The molecule has 2 heterocycles. The maximum Gasteiger partial charge on any atom is 0.296 e. The van der Waals surface area contributed by atoms with Crippen LogP contribution in [0.15, 0.2) is 82.5 Å². The van der Waals surface area contributed by atoms with Gasteiger partial charge in [0.25, 0.3) is 5.91 Å². The quantitative estimate of drug-likeness (QED) is 0.255. The Morgan fingerprint density at radius 2 is 1.84 bits per heavy atom. The number of aliphatic hydroxyl groups is 1. The van der Waals surface area contributed by atoms with E-state index < -0.39 is 23.5 Å². The summed E-state index contributed by atoms with van der Waals surface area (Å²) in [5.41, 5.74) is 1.73. The van der Waals surface area contributed by atoms with Crippen LogP contribution in [0.5, 0.6) is 17.2 Å². The fourth-order valence-corrected chi connectivity index (χ4v) is 5.71. The molecule has 5 rings (SSSR count). The lowest BCUT2D eigenvalue weighted by Crippen LogP contribution is -2.30. The van der Waals surface area contributed by atoms with E-state index in [0.717, 1.165) is 10.3 Å². The normalized spacial score (nSPS) is 15.6. The molecule has 192 valence electrons. The number of rotatable bonds is 7. The molecule has 1 unspecified atom stereocenters. The number of phenolic OH excluding ortho intramolecular Hbond substituents is 1. The number of phenols is 1. The van der Waals surface area contributed by atoms with Gasteiger partial charge in [0, 0.05) is 0 Å². The number of benzene rings is 3. The number of aromatic nitrogens is 1. The monoisotopic (exact) mass is 592 g/mol. The van der Waals surface area contributed by atoms with Gasteiger partial charge < -0.3 is 19.7 Å². The highest BCUT2D eigenvalue weighted by atomic mass is 79.9. The van der Waals surface area contributed by atoms with Gasteiger partial charge >= 0.3 is 0 Å². The van der Waals surface area contributed by atoms with Crippen LogP contribution >= 0.6 is 27.3 Å². The van der Waals surface area contributed by atoms with E-state index in [1.807, 2.05) is 30.3 Å². The summed E-state index contributed by atoms with van der Waals surface area (Å²) >= 11 is 4.54. The Morgan fingerprint density at radius 1 is 1.08 bits per heavy atom. The zero-order chi connectivity index (χ0) is 27.0. The maximum absolute atomic E-state index is 13.5. The van der Waals surface area contributed by atoms with Crippen molar-refractivity contribution in [1.29, 1.82) is 0 Å². The fraction of sp³-hybridized carbons (Fsp3) is 0.107. The van der Waals surface area contributed by atoms with Crippen LogP contribution < -0.4 is 14.4 Å². The maximum atomic E-state index is 13.5. The average molecular weight is 593 g/mol. The molecule has 0 aliphatic carbocycles. The van der Waals surface area contributed by atoms with Crippen LogP contribution in [-0.2, 0) is 9.59 Å². The van der Waals surface area contributed by atoms with Crippen molar-refractivity contribution in [2.75, 3.05) is 19.1 Å². The summed E-state index contributed by atoms with van der Waals surface area (Å²) in [6.07, 6.45) is 2.94. The number of ether oxygens (including phenoxy) is 2. The number of nitrogens with zero attached hydrogens (tertiary/aromatic N) is 2. The second-order valence-electron chi connectivity index (χ2n) is 8.33. The largest absolute Gasteiger partial charge is 0.503 e. The second-order valence-corrected chi connectivity index (χ2v) is 10.2. The van der Waals surface area contributed by atoms with Gasteiger partial charge in [0.2, 0.25) is 0 Å². The number of anilines is 1. The van der Waals surface area contributed by atoms with Crippen LogP contribution in [0.4, 0.5) is 5.13 Å². The van der Waals surface area contributed by atoms with Crippen molar-refractivity contribution in [3.05, 3.63) is 93.7 Å². The highest BCUT2D eigenvalue weighted by molar-refractivity contribution is 9.10. The van der Waals surface area contributed by atoms with Gasteiger partial charge in [-0.15, -0.1) is 0 Å². The van der Waals surface area contributed by atoms with Crippen LogP contribution in [0.25, 0.3) is 16.3 Å². The molecule has 1 aliphatic heterocycles. The second kappa shape index (κ2) is 10.3. The molecule has 1 amide bonds. The summed E-state index contributed by atoms with van der Waals surface area (Å²) in [6.45, 7) is 0. The first-order chi connectivity index (χ1) is 18.3. The lowest BCUT2D eigenvalue weighted by atomic mass is 9.95. The molecule has 1 atom stereocenters. The van der Waals surface area contributed by atoms with Gasteiger partial charge in [0.05, 0.1) is 40.5 Å². The molecule has 0 spiro atoms. The van der Waals surface area contributed by atoms with Gasteiger partial charge in [0.1, 0.15) is 5.75 Å². The number of aromatic hydroxyl groups is 1. The first kappa shape index (κ1) is 25.5. The fourth-order valence-electron chi connectivity index (χ4n) is 4.23. The Balaban J connectivity index is 1.65. The third-order valence-corrected chi connectivity index (χ3v) is 7.70. The van der Waals surface area contributed by atoms with Crippen molar-refractivity contribution in [1.82, 2.24) is 4.98 Å². The molecule has 1 aliphatic rings. The average Bonchev–Trinajstić information content (AvgIpc) is 3.46. The Hall–Kier alpha value is -4.15. The van der Waals surface area contributed by atoms with Gasteiger partial charge in [-0.25, -0.2) is 4.98 Å². The van der Waals surface area contributed by atoms with Crippen molar-refractivity contribution in [3.8, 4) is 17.2 Å². The number of halogens is 1.